The third kappa shape index (κ3) is 4.42. The molecule has 2 fully saturated rings. The van der Waals surface area contributed by atoms with Crippen molar-refractivity contribution in [2.24, 2.45) is 11.7 Å². The fourth-order valence-electron chi connectivity index (χ4n) is 5.16. The number of nitrogens with two attached hydrogens (primary N) is 1. The normalized spacial score (nSPS) is 17.1. The van der Waals surface area contributed by atoms with E-state index >= 15 is 0 Å². The Morgan fingerprint density at radius 3 is 2.64 bits per heavy atom. The second kappa shape index (κ2) is 9.18. The van der Waals surface area contributed by atoms with Crippen LogP contribution in [0.2, 0.25) is 0 Å². The van der Waals surface area contributed by atoms with E-state index in [1.165, 1.54) is 12.1 Å². The molecular weight excluding hydrogens is 479 g/mol. The van der Waals surface area contributed by atoms with Gasteiger partial charge < -0.3 is 20.1 Å². The number of fused-ring (bicyclic) bond motifs is 2. The van der Waals surface area contributed by atoms with Gasteiger partial charge in [-0.15, -0.1) is 0 Å². The highest BCUT2D eigenvalue weighted by Gasteiger charge is 2.31. The maximum absolute atomic E-state index is 13.5. The predicted octanol–water partition coefficient (Wildman–Crippen LogP) is 2.77. The standard InChI is InChI=1S/C26H27FN6O2S/c27-20-3-4-23-21(12-20)29-26(36-23)32-9-7-31(8-10-32)24(34)16-30-13-17(14-30)15-33-6-5-18-1-2-19(25(28)35)11-22(18)33/h1-6,11-12,17H,7-10,13-16H2,(H2,28,35). The summed E-state index contributed by atoms with van der Waals surface area (Å²) in [6.07, 6.45) is 2.05. The minimum atomic E-state index is -0.422. The van der Waals surface area contributed by atoms with E-state index in [1.807, 2.05) is 29.3 Å². The summed E-state index contributed by atoms with van der Waals surface area (Å²) in [4.78, 5) is 35.3. The topological polar surface area (TPSA) is 87.7 Å². The molecule has 2 saturated heterocycles. The zero-order valence-electron chi connectivity index (χ0n) is 19.8. The molecule has 2 N–H and O–H groups in total. The van der Waals surface area contributed by atoms with Crippen molar-refractivity contribution in [1.29, 1.82) is 0 Å². The third-order valence-electron chi connectivity index (χ3n) is 7.15. The van der Waals surface area contributed by atoms with Gasteiger partial charge in [0.2, 0.25) is 11.8 Å². The number of amides is 2. The van der Waals surface area contributed by atoms with Gasteiger partial charge in [0.25, 0.3) is 0 Å². The van der Waals surface area contributed by atoms with Crippen LogP contribution in [-0.4, -0.2) is 77.0 Å². The van der Waals surface area contributed by atoms with Crippen LogP contribution in [0.5, 0.6) is 0 Å². The van der Waals surface area contributed by atoms with E-state index in [2.05, 4.69) is 19.4 Å². The van der Waals surface area contributed by atoms with Crippen LogP contribution in [0.1, 0.15) is 10.4 Å². The summed E-state index contributed by atoms with van der Waals surface area (Å²) in [5, 5.41) is 1.97. The van der Waals surface area contributed by atoms with Crippen LogP contribution in [0.4, 0.5) is 9.52 Å². The minimum absolute atomic E-state index is 0.164. The van der Waals surface area contributed by atoms with Crippen molar-refractivity contribution in [3.8, 4) is 0 Å². The first kappa shape index (κ1) is 22.9. The Morgan fingerprint density at radius 1 is 1.06 bits per heavy atom. The SMILES string of the molecule is NC(=O)c1ccc2ccn(CC3CN(CC(=O)N4CCN(c5nc6cc(F)ccc6s5)CC4)C3)c2c1. The van der Waals surface area contributed by atoms with Crippen LogP contribution in [0.3, 0.4) is 0 Å². The van der Waals surface area contributed by atoms with Crippen LogP contribution in [0.15, 0.2) is 48.7 Å². The van der Waals surface area contributed by atoms with E-state index in [4.69, 9.17) is 5.73 Å². The molecule has 2 aromatic carbocycles. The molecule has 8 nitrogen and oxygen atoms in total. The quantitative estimate of drug-likeness (QED) is 0.435. The molecular formula is C26H27FN6O2S. The zero-order chi connectivity index (χ0) is 24.8. The number of hydrogen-bond acceptors (Lipinski definition) is 6. The monoisotopic (exact) mass is 506 g/mol. The average molecular weight is 507 g/mol. The van der Waals surface area contributed by atoms with E-state index in [1.54, 1.807) is 23.5 Å². The number of anilines is 1. The van der Waals surface area contributed by atoms with E-state index in [-0.39, 0.29) is 11.7 Å². The minimum Gasteiger partial charge on any atom is -0.366 e. The van der Waals surface area contributed by atoms with Crippen LogP contribution >= 0.6 is 11.3 Å². The van der Waals surface area contributed by atoms with Crippen molar-refractivity contribution >= 4 is 49.4 Å². The molecule has 2 aromatic heterocycles. The second-order valence-electron chi connectivity index (χ2n) is 9.64. The molecule has 0 radical (unpaired) electrons. The lowest BCUT2D eigenvalue weighted by molar-refractivity contribution is -0.134. The Bertz CT molecular complexity index is 1450. The van der Waals surface area contributed by atoms with E-state index < -0.39 is 5.91 Å². The maximum Gasteiger partial charge on any atom is 0.248 e. The van der Waals surface area contributed by atoms with Crippen LogP contribution in [-0.2, 0) is 11.3 Å². The fraction of sp³-hybridized carbons (Fsp3) is 0.346. The molecule has 0 atom stereocenters. The summed E-state index contributed by atoms with van der Waals surface area (Å²) in [5.41, 5.74) is 7.65. The highest BCUT2D eigenvalue weighted by Crippen LogP contribution is 2.30. The predicted molar refractivity (Wildman–Crippen MR) is 139 cm³/mol. The number of halogens is 1. The van der Waals surface area contributed by atoms with Gasteiger partial charge in [-0.05, 0) is 35.7 Å². The summed E-state index contributed by atoms with van der Waals surface area (Å²) >= 11 is 1.56. The molecule has 0 aliphatic carbocycles. The summed E-state index contributed by atoms with van der Waals surface area (Å²) in [7, 11) is 0. The lowest BCUT2D eigenvalue weighted by atomic mass is 10.00. The molecule has 4 heterocycles. The summed E-state index contributed by atoms with van der Waals surface area (Å²) < 4.78 is 16.6. The van der Waals surface area contributed by atoms with Crippen molar-refractivity contribution < 1.29 is 14.0 Å². The molecule has 0 unspecified atom stereocenters. The average Bonchev–Trinajstić information content (AvgIpc) is 3.46. The highest BCUT2D eigenvalue weighted by molar-refractivity contribution is 7.22. The van der Waals surface area contributed by atoms with Gasteiger partial charge in [-0.2, -0.15) is 0 Å². The molecule has 36 heavy (non-hydrogen) atoms. The van der Waals surface area contributed by atoms with Crippen molar-refractivity contribution in [2.75, 3.05) is 50.7 Å². The first-order valence-electron chi connectivity index (χ1n) is 12.1. The Morgan fingerprint density at radius 2 is 1.86 bits per heavy atom. The number of aromatic nitrogens is 2. The molecule has 2 aliphatic rings. The number of thiazole rings is 1. The van der Waals surface area contributed by atoms with Crippen molar-refractivity contribution in [3.05, 3.63) is 60.0 Å². The number of hydrogen-bond donors (Lipinski definition) is 1. The highest BCUT2D eigenvalue weighted by atomic mass is 32.1. The Balaban J connectivity index is 0.988. The van der Waals surface area contributed by atoms with Crippen LogP contribution < -0.4 is 10.6 Å². The van der Waals surface area contributed by atoms with E-state index in [9.17, 15) is 14.0 Å². The maximum atomic E-state index is 13.5. The smallest absolute Gasteiger partial charge is 0.248 e. The van der Waals surface area contributed by atoms with Crippen LogP contribution in [0.25, 0.3) is 21.1 Å². The van der Waals surface area contributed by atoms with Crippen molar-refractivity contribution in [1.82, 2.24) is 19.4 Å². The van der Waals surface area contributed by atoms with Crippen molar-refractivity contribution in [2.45, 2.75) is 6.54 Å². The van der Waals surface area contributed by atoms with Crippen molar-refractivity contribution in [3.63, 3.8) is 0 Å². The second-order valence-corrected chi connectivity index (χ2v) is 10.7. The summed E-state index contributed by atoms with van der Waals surface area (Å²) in [6.45, 7) is 5.83. The largest absolute Gasteiger partial charge is 0.366 e. The molecule has 0 saturated carbocycles. The Labute approximate surface area is 211 Å². The molecule has 186 valence electrons. The van der Waals surface area contributed by atoms with Crippen LogP contribution in [0, 0.1) is 11.7 Å². The van der Waals surface area contributed by atoms with Gasteiger partial charge in [-0.25, -0.2) is 9.37 Å². The lowest BCUT2D eigenvalue weighted by Gasteiger charge is -2.41. The van der Waals surface area contributed by atoms with Gasteiger partial charge in [0.15, 0.2) is 5.13 Å². The first-order chi connectivity index (χ1) is 17.4. The van der Waals surface area contributed by atoms with E-state index in [0.717, 1.165) is 53.5 Å². The number of rotatable bonds is 6. The number of carbonyl (C=O) groups excluding carboxylic acids is 2. The third-order valence-corrected chi connectivity index (χ3v) is 8.24. The van der Waals surface area contributed by atoms with Gasteiger partial charge in [-0.3, -0.25) is 14.5 Å². The summed E-state index contributed by atoms with van der Waals surface area (Å²) in [5.74, 6) is -0.0699. The molecule has 2 amide bonds. The van der Waals surface area contributed by atoms with E-state index in [0.29, 0.717) is 36.6 Å². The number of primary amides is 1. The van der Waals surface area contributed by atoms with Gasteiger partial charge in [0.05, 0.1) is 16.8 Å². The molecule has 10 heteroatoms. The number of benzene rings is 2. The molecule has 0 bridgehead atoms. The fourth-order valence-corrected chi connectivity index (χ4v) is 6.16. The molecule has 2 aliphatic heterocycles. The van der Waals surface area contributed by atoms with Gasteiger partial charge in [0, 0.05) is 75.1 Å². The zero-order valence-corrected chi connectivity index (χ0v) is 20.6. The number of piperazine rings is 1. The van der Waals surface area contributed by atoms with Gasteiger partial charge in [-0.1, -0.05) is 17.4 Å². The Kier molecular flexibility index (Phi) is 5.85. The Hall–Kier alpha value is -3.50. The summed E-state index contributed by atoms with van der Waals surface area (Å²) in [6, 6.07) is 12.3. The molecule has 0 spiro atoms. The number of likely N-dealkylation sites (tertiary alicyclic amines) is 1. The number of nitrogens with zero attached hydrogens (tertiary/aromatic N) is 5. The lowest BCUT2D eigenvalue weighted by Crippen LogP contribution is -2.55. The molecule has 4 aromatic rings. The van der Waals surface area contributed by atoms with Gasteiger partial charge >= 0.3 is 0 Å². The first-order valence-corrected chi connectivity index (χ1v) is 12.9. The molecule has 6 rings (SSSR count). The number of carbonyl (C=O) groups is 2. The van der Waals surface area contributed by atoms with Gasteiger partial charge in [0.1, 0.15) is 5.82 Å².